The van der Waals surface area contributed by atoms with E-state index >= 15 is 0 Å². The van der Waals surface area contributed by atoms with Crippen molar-refractivity contribution in [3.63, 3.8) is 0 Å². The monoisotopic (exact) mass is 492 g/mol. The van der Waals surface area contributed by atoms with Crippen LogP contribution in [0, 0.1) is 0 Å². The smallest absolute Gasteiger partial charge is 0.272 e. The number of nitrogens with one attached hydrogen (secondary N) is 2. The van der Waals surface area contributed by atoms with E-state index in [2.05, 4.69) is 10.6 Å². The number of amides is 1. The van der Waals surface area contributed by atoms with Crippen molar-refractivity contribution in [2.24, 2.45) is 4.99 Å². The van der Waals surface area contributed by atoms with Crippen molar-refractivity contribution < 1.29 is 9.53 Å². The number of methoxy groups -OCH3 is 1. The van der Waals surface area contributed by atoms with Gasteiger partial charge in [0.1, 0.15) is 5.75 Å². The van der Waals surface area contributed by atoms with Crippen molar-refractivity contribution in [1.29, 1.82) is 0 Å². The van der Waals surface area contributed by atoms with Crippen LogP contribution in [0.4, 0.5) is 5.69 Å². The minimum Gasteiger partial charge on any atom is -0.497 e. The van der Waals surface area contributed by atoms with Gasteiger partial charge < -0.3 is 20.3 Å². The number of aliphatic imine (C=N–C) groups is 1. The molecule has 6 nitrogen and oxygen atoms in total. The van der Waals surface area contributed by atoms with Gasteiger partial charge in [0, 0.05) is 29.7 Å². The van der Waals surface area contributed by atoms with Gasteiger partial charge in [-0.2, -0.15) is 0 Å². The number of thiocarbonyl (C=S) groups is 1. The second-order valence-corrected chi connectivity index (χ2v) is 8.65. The van der Waals surface area contributed by atoms with Crippen LogP contribution in [0.5, 0.6) is 5.75 Å². The molecule has 34 heavy (non-hydrogen) atoms. The third kappa shape index (κ3) is 5.38. The normalized spacial score (nSPS) is 15.1. The Morgan fingerprint density at radius 3 is 2.68 bits per heavy atom. The summed E-state index contributed by atoms with van der Waals surface area (Å²) in [4.78, 5) is 19.7. The minimum atomic E-state index is -0.886. The minimum absolute atomic E-state index is 0.216. The summed E-state index contributed by atoms with van der Waals surface area (Å²) in [5.74, 6) is 0.596. The molecule has 0 saturated heterocycles. The van der Waals surface area contributed by atoms with Crippen LogP contribution in [-0.2, 0) is 11.2 Å². The molecule has 1 amide bonds. The van der Waals surface area contributed by atoms with Crippen LogP contribution in [0.1, 0.15) is 16.7 Å². The van der Waals surface area contributed by atoms with Crippen molar-refractivity contribution >= 4 is 46.2 Å². The molecule has 1 unspecified atom stereocenters. The second-order valence-electron chi connectivity index (χ2n) is 7.81. The summed E-state index contributed by atoms with van der Waals surface area (Å²) in [5, 5.41) is 7.19. The van der Waals surface area contributed by atoms with Crippen molar-refractivity contribution in [2.45, 2.75) is 12.6 Å². The average molecular weight is 493 g/mol. The molecule has 0 saturated carbocycles. The lowest BCUT2D eigenvalue weighted by molar-refractivity contribution is -0.119. The van der Waals surface area contributed by atoms with Gasteiger partial charge in [-0.15, -0.1) is 0 Å². The van der Waals surface area contributed by atoms with E-state index in [1.54, 1.807) is 25.1 Å². The third-order valence-electron chi connectivity index (χ3n) is 5.55. The number of anilines is 1. The van der Waals surface area contributed by atoms with Crippen LogP contribution < -0.4 is 20.3 Å². The summed E-state index contributed by atoms with van der Waals surface area (Å²) in [6.45, 7) is 0.598. The Labute approximate surface area is 209 Å². The highest BCUT2D eigenvalue weighted by atomic mass is 35.5. The molecule has 0 fully saturated rings. The molecule has 3 aromatic carbocycles. The molecule has 0 spiro atoms. The molecular formula is C26H25ClN4O2S. The van der Waals surface area contributed by atoms with Crippen LogP contribution in [0.25, 0.3) is 0 Å². The lowest BCUT2D eigenvalue weighted by atomic mass is 10.0. The number of ether oxygens (including phenoxy) is 1. The SMILES string of the molecule is COc1cccc(CCNC(=S)NC2N=C(c3ccccc3)c3cc(Cl)ccc3N(C)C2=O)c1. The molecule has 0 aliphatic carbocycles. The maximum Gasteiger partial charge on any atom is 0.272 e. The van der Waals surface area contributed by atoms with Gasteiger partial charge in [-0.25, -0.2) is 4.99 Å². The predicted molar refractivity (Wildman–Crippen MR) is 141 cm³/mol. The molecule has 4 rings (SSSR count). The number of hydrogen-bond acceptors (Lipinski definition) is 4. The molecule has 3 aromatic rings. The number of halogens is 1. The zero-order chi connectivity index (χ0) is 24.1. The van der Waals surface area contributed by atoms with Gasteiger partial charge in [-0.05, 0) is 54.5 Å². The molecule has 0 radical (unpaired) electrons. The lowest BCUT2D eigenvalue weighted by Gasteiger charge is -2.22. The standard InChI is InChI=1S/C26H25ClN4O2S/c1-31-22-12-11-19(27)16-21(22)23(18-8-4-3-5-9-18)29-24(25(31)32)30-26(34)28-14-13-17-7-6-10-20(15-17)33-2/h3-12,15-16,24H,13-14H2,1-2H3,(H2,28,30,34). The molecule has 174 valence electrons. The van der Waals surface area contributed by atoms with Gasteiger partial charge in [0.05, 0.1) is 18.5 Å². The first-order chi connectivity index (χ1) is 16.5. The second kappa shape index (κ2) is 10.7. The number of benzodiazepines with no additional fused rings is 1. The van der Waals surface area contributed by atoms with E-state index in [4.69, 9.17) is 33.5 Å². The van der Waals surface area contributed by atoms with Gasteiger partial charge in [-0.1, -0.05) is 54.1 Å². The maximum atomic E-state index is 13.3. The first-order valence-corrected chi connectivity index (χ1v) is 11.6. The lowest BCUT2D eigenvalue weighted by Crippen LogP contribution is -2.49. The Hall–Kier alpha value is -3.42. The highest BCUT2D eigenvalue weighted by Crippen LogP contribution is 2.29. The average Bonchev–Trinajstić information content (AvgIpc) is 2.95. The van der Waals surface area contributed by atoms with Crippen LogP contribution in [-0.4, -0.2) is 43.6 Å². The van der Waals surface area contributed by atoms with Crippen LogP contribution in [0.15, 0.2) is 77.8 Å². The summed E-state index contributed by atoms with van der Waals surface area (Å²) >= 11 is 11.8. The molecule has 1 heterocycles. The number of carbonyl (C=O) groups excluding carboxylic acids is 1. The zero-order valence-corrected chi connectivity index (χ0v) is 20.5. The van der Waals surface area contributed by atoms with Gasteiger partial charge in [-0.3, -0.25) is 4.79 Å². The number of carbonyl (C=O) groups is 1. The highest BCUT2D eigenvalue weighted by molar-refractivity contribution is 7.80. The van der Waals surface area contributed by atoms with Gasteiger partial charge in [0.15, 0.2) is 5.11 Å². The number of benzene rings is 3. The van der Waals surface area contributed by atoms with Crippen LogP contribution >= 0.6 is 23.8 Å². The predicted octanol–water partition coefficient (Wildman–Crippen LogP) is 4.20. The van der Waals surface area contributed by atoms with Crippen LogP contribution in [0.2, 0.25) is 5.02 Å². The number of fused-ring (bicyclic) bond motifs is 1. The Morgan fingerprint density at radius 1 is 1.12 bits per heavy atom. The van der Waals surface area contributed by atoms with Crippen LogP contribution in [0.3, 0.4) is 0 Å². The number of nitrogens with zero attached hydrogens (tertiary/aromatic N) is 2. The molecule has 0 aromatic heterocycles. The maximum absolute atomic E-state index is 13.3. The van der Waals surface area contributed by atoms with E-state index in [9.17, 15) is 4.79 Å². The molecule has 8 heteroatoms. The van der Waals surface area contributed by atoms with Crippen molar-refractivity contribution in [1.82, 2.24) is 10.6 Å². The largest absolute Gasteiger partial charge is 0.497 e. The number of likely N-dealkylation sites (N-methyl/N-ethyl adjacent to an activating group) is 1. The van der Waals surface area contributed by atoms with Crippen molar-refractivity contribution in [2.75, 3.05) is 25.6 Å². The topological polar surface area (TPSA) is 66.0 Å². The fraction of sp³-hybridized carbons (Fsp3) is 0.192. The van der Waals surface area contributed by atoms with E-state index in [0.717, 1.165) is 34.5 Å². The summed E-state index contributed by atoms with van der Waals surface area (Å²) in [5.41, 5.74) is 4.20. The first kappa shape index (κ1) is 23.7. The Balaban J connectivity index is 1.54. The highest BCUT2D eigenvalue weighted by Gasteiger charge is 2.30. The van der Waals surface area contributed by atoms with E-state index < -0.39 is 6.17 Å². The summed E-state index contributed by atoms with van der Waals surface area (Å²) < 4.78 is 5.27. The van der Waals surface area contributed by atoms with Gasteiger partial charge in [0.2, 0.25) is 6.17 Å². The van der Waals surface area contributed by atoms with Gasteiger partial charge >= 0.3 is 0 Å². The van der Waals surface area contributed by atoms with Gasteiger partial charge in [0.25, 0.3) is 5.91 Å². The molecule has 1 aliphatic rings. The summed E-state index contributed by atoms with van der Waals surface area (Å²) in [7, 11) is 3.38. The van der Waals surface area contributed by atoms with E-state index in [-0.39, 0.29) is 5.91 Å². The van der Waals surface area contributed by atoms with Crippen molar-refractivity contribution in [3.05, 3.63) is 94.5 Å². The fourth-order valence-corrected chi connectivity index (χ4v) is 4.18. The quantitative estimate of drug-likeness (QED) is 0.505. The molecular weight excluding hydrogens is 468 g/mol. The summed E-state index contributed by atoms with van der Waals surface area (Å²) in [6, 6.07) is 23.0. The number of hydrogen-bond donors (Lipinski definition) is 2. The van der Waals surface area contributed by atoms with Crippen molar-refractivity contribution in [3.8, 4) is 5.75 Å². The third-order valence-corrected chi connectivity index (χ3v) is 6.04. The Morgan fingerprint density at radius 2 is 1.91 bits per heavy atom. The molecule has 1 aliphatic heterocycles. The molecule has 2 N–H and O–H groups in total. The fourth-order valence-electron chi connectivity index (χ4n) is 3.79. The van der Waals surface area contributed by atoms with E-state index in [0.29, 0.717) is 22.4 Å². The molecule has 0 bridgehead atoms. The summed E-state index contributed by atoms with van der Waals surface area (Å²) in [6.07, 6.45) is -0.136. The van der Waals surface area contributed by atoms with E-state index in [1.165, 1.54) is 0 Å². The number of rotatable bonds is 6. The zero-order valence-electron chi connectivity index (χ0n) is 18.9. The Kier molecular flexibility index (Phi) is 7.45. The Bertz CT molecular complexity index is 1230. The molecule has 1 atom stereocenters. The van der Waals surface area contributed by atoms with E-state index in [1.807, 2.05) is 66.7 Å². The first-order valence-electron chi connectivity index (χ1n) is 10.8.